The fourth-order valence-electron chi connectivity index (χ4n) is 4.16. The maximum atomic E-state index is 2.51. The maximum absolute atomic E-state index is 2.51. The molecule has 0 radical (unpaired) electrons. The fraction of sp³-hybridized carbons (Fsp3) is 0.462. The molecule has 0 nitrogen and oxygen atoms in total. The van der Waals surface area contributed by atoms with E-state index in [9.17, 15) is 0 Å². The van der Waals surface area contributed by atoms with E-state index in [1.165, 1.54) is 79.3 Å². The van der Waals surface area contributed by atoms with E-state index in [1.54, 1.807) is 16.7 Å². The van der Waals surface area contributed by atoms with Gasteiger partial charge in [0.1, 0.15) is 0 Å². The molecule has 0 aliphatic rings. The molecule has 0 aliphatic carbocycles. The van der Waals surface area contributed by atoms with Gasteiger partial charge in [-0.05, 0) is 88.9 Å². The molecule has 0 heteroatoms. The Bertz CT molecular complexity index is 857. The highest BCUT2D eigenvalue weighted by molar-refractivity contribution is 6.00. The normalized spacial score (nSPS) is 11.5. The SMILES string of the molecule is CCCCc1cc2cc3ccccc3cc2c(CCCC)c1CCCC. The van der Waals surface area contributed by atoms with Gasteiger partial charge in [-0.3, -0.25) is 0 Å². The number of hydrogen-bond donors (Lipinski definition) is 0. The lowest BCUT2D eigenvalue weighted by atomic mass is 9.86. The van der Waals surface area contributed by atoms with Crippen molar-refractivity contribution >= 4 is 21.5 Å². The molecule has 0 saturated heterocycles. The summed E-state index contributed by atoms with van der Waals surface area (Å²) in [7, 11) is 0. The summed E-state index contributed by atoms with van der Waals surface area (Å²) in [6.45, 7) is 6.93. The molecule has 0 spiro atoms. The number of fused-ring (bicyclic) bond motifs is 2. The van der Waals surface area contributed by atoms with E-state index in [-0.39, 0.29) is 0 Å². The summed E-state index contributed by atoms with van der Waals surface area (Å²) in [5.41, 5.74) is 4.94. The molecule has 0 amide bonds. The van der Waals surface area contributed by atoms with E-state index in [4.69, 9.17) is 0 Å². The zero-order valence-corrected chi connectivity index (χ0v) is 16.9. The van der Waals surface area contributed by atoms with Crippen molar-refractivity contribution in [1.82, 2.24) is 0 Å². The molecule has 0 N–H and O–H groups in total. The van der Waals surface area contributed by atoms with Gasteiger partial charge in [-0.25, -0.2) is 0 Å². The van der Waals surface area contributed by atoms with Crippen LogP contribution in [0.1, 0.15) is 76.0 Å². The van der Waals surface area contributed by atoms with Crippen LogP contribution in [0.5, 0.6) is 0 Å². The summed E-state index contributed by atoms with van der Waals surface area (Å²) < 4.78 is 0. The van der Waals surface area contributed by atoms with Crippen molar-refractivity contribution in [2.45, 2.75) is 78.6 Å². The Labute approximate surface area is 159 Å². The third-order valence-corrected chi connectivity index (χ3v) is 5.68. The van der Waals surface area contributed by atoms with E-state index in [2.05, 4.69) is 63.2 Å². The Morgan fingerprint density at radius 1 is 0.577 bits per heavy atom. The Morgan fingerprint density at radius 2 is 1.15 bits per heavy atom. The van der Waals surface area contributed by atoms with E-state index < -0.39 is 0 Å². The molecule has 0 atom stereocenters. The summed E-state index contributed by atoms with van der Waals surface area (Å²) in [6, 6.07) is 16.2. The monoisotopic (exact) mass is 346 g/mol. The van der Waals surface area contributed by atoms with Crippen LogP contribution in [-0.4, -0.2) is 0 Å². The van der Waals surface area contributed by atoms with Crippen LogP contribution in [0.25, 0.3) is 21.5 Å². The van der Waals surface area contributed by atoms with Crippen molar-refractivity contribution in [3.05, 3.63) is 59.2 Å². The van der Waals surface area contributed by atoms with Gasteiger partial charge in [-0.1, -0.05) is 70.4 Å². The van der Waals surface area contributed by atoms with Crippen molar-refractivity contribution < 1.29 is 0 Å². The second-order valence-corrected chi connectivity index (χ2v) is 7.72. The Kier molecular flexibility index (Phi) is 6.72. The lowest BCUT2D eigenvalue weighted by Crippen LogP contribution is -2.03. The zero-order valence-electron chi connectivity index (χ0n) is 16.9. The van der Waals surface area contributed by atoms with E-state index in [1.807, 2.05) is 0 Å². The predicted molar refractivity (Wildman–Crippen MR) is 117 cm³/mol. The molecule has 0 aliphatic heterocycles. The minimum Gasteiger partial charge on any atom is -0.0654 e. The Morgan fingerprint density at radius 3 is 1.81 bits per heavy atom. The first-order valence-electron chi connectivity index (χ1n) is 10.7. The number of hydrogen-bond acceptors (Lipinski definition) is 0. The molecule has 0 saturated carbocycles. The highest BCUT2D eigenvalue weighted by Crippen LogP contribution is 2.33. The molecule has 26 heavy (non-hydrogen) atoms. The van der Waals surface area contributed by atoms with Gasteiger partial charge in [-0.15, -0.1) is 0 Å². The molecule has 0 aromatic heterocycles. The van der Waals surface area contributed by atoms with Gasteiger partial charge >= 0.3 is 0 Å². The highest BCUT2D eigenvalue weighted by Gasteiger charge is 2.14. The van der Waals surface area contributed by atoms with Gasteiger partial charge in [0.05, 0.1) is 0 Å². The predicted octanol–water partition coefficient (Wildman–Crippen LogP) is 8.02. The van der Waals surface area contributed by atoms with Gasteiger partial charge in [-0.2, -0.15) is 0 Å². The third kappa shape index (κ3) is 4.11. The standard InChI is InChI=1S/C26H34/c1-4-7-12-22-18-23-17-20-13-10-11-14-21(20)19-26(23)25(16-9-6-3)24(22)15-8-5-2/h10-11,13-14,17-19H,4-9,12,15-16H2,1-3H3. The highest BCUT2D eigenvalue weighted by atomic mass is 14.2. The van der Waals surface area contributed by atoms with E-state index in [0.29, 0.717) is 0 Å². The number of aryl methyl sites for hydroxylation is 2. The number of unbranched alkanes of at least 4 members (excludes halogenated alkanes) is 3. The third-order valence-electron chi connectivity index (χ3n) is 5.68. The minimum absolute atomic E-state index is 1.23. The van der Waals surface area contributed by atoms with Crippen LogP contribution in [-0.2, 0) is 19.3 Å². The average Bonchev–Trinajstić information content (AvgIpc) is 2.67. The number of benzene rings is 3. The van der Waals surface area contributed by atoms with Crippen LogP contribution in [0, 0.1) is 0 Å². The van der Waals surface area contributed by atoms with Crippen LogP contribution >= 0.6 is 0 Å². The van der Waals surface area contributed by atoms with Gasteiger partial charge in [0.2, 0.25) is 0 Å². The topological polar surface area (TPSA) is 0 Å². The van der Waals surface area contributed by atoms with Crippen LogP contribution in [0.3, 0.4) is 0 Å². The molecule has 0 heterocycles. The lowest BCUT2D eigenvalue weighted by molar-refractivity contribution is 0.738. The fourth-order valence-corrected chi connectivity index (χ4v) is 4.16. The molecular formula is C26H34. The summed E-state index contributed by atoms with van der Waals surface area (Å²) in [4.78, 5) is 0. The van der Waals surface area contributed by atoms with Gasteiger partial charge in [0, 0.05) is 0 Å². The summed E-state index contributed by atoms with van der Waals surface area (Å²) in [6.07, 6.45) is 11.4. The maximum Gasteiger partial charge on any atom is -0.0143 e. The first-order valence-corrected chi connectivity index (χ1v) is 10.7. The van der Waals surface area contributed by atoms with E-state index >= 15 is 0 Å². The lowest BCUT2D eigenvalue weighted by Gasteiger charge is -2.19. The van der Waals surface area contributed by atoms with Crippen LogP contribution < -0.4 is 0 Å². The molecule has 3 aromatic carbocycles. The first kappa shape index (κ1) is 19.0. The van der Waals surface area contributed by atoms with Gasteiger partial charge in [0.15, 0.2) is 0 Å². The molecular weight excluding hydrogens is 312 g/mol. The summed E-state index contributed by atoms with van der Waals surface area (Å²) >= 11 is 0. The van der Waals surface area contributed by atoms with Gasteiger partial charge in [0.25, 0.3) is 0 Å². The summed E-state index contributed by atoms with van der Waals surface area (Å²) in [5.74, 6) is 0. The minimum atomic E-state index is 1.23. The van der Waals surface area contributed by atoms with Crippen molar-refractivity contribution in [3.8, 4) is 0 Å². The average molecular weight is 347 g/mol. The molecule has 138 valence electrons. The van der Waals surface area contributed by atoms with Crippen LogP contribution in [0.15, 0.2) is 42.5 Å². The molecule has 3 aromatic rings. The van der Waals surface area contributed by atoms with Crippen molar-refractivity contribution in [2.75, 3.05) is 0 Å². The van der Waals surface area contributed by atoms with Gasteiger partial charge < -0.3 is 0 Å². The molecule has 0 bridgehead atoms. The van der Waals surface area contributed by atoms with Crippen molar-refractivity contribution in [3.63, 3.8) is 0 Å². The molecule has 3 rings (SSSR count). The number of rotatable bonds is 9. The zero-order chi connectivity index (χ0) is 18.4. The summed E-state index contributed by atoms with van der Waals surface area (Å²) in [5, 5.41) is 5.69. The van der Waals surface area contributed by atoms with Crippen molar-refractivity contribution in [1.29, 1.82) is 0 Å². The Hall–Kier alpha value is -1.82. The molecule has 0 unspecified atom stereocenters. The largest absolute Gasteiger partial charge is 0.0654 e. The first-order chi connectivity index (χ1) is 12.8. The second-order valence-electron chi connectivity index (χ2n) is 7.72. The van der Waals surface area contributed by atoms with E-state index in [0.717, 1.165) is 0 Å². The molecule has 0 fully saturated rings. The second kappa shape index (κ2) is 9.21. The quantitative estimate of drug-likeness (QED) is 0.344. The van der Waals surface area contributed by atoms with Crippen molar-refractivity contribution in [2.24, 2.45) is 0 Å². The Balaban J connectivity index is 2.23. The van der Waals surface area contributed by atoms with Crippen LogP contribution in [0.4, 0.5) is 0 Å². The van der Waals surface area contributed by atoms with Crippen LogP contribution in [0.2, 0.25) is 0 Å². The smallest absolute Gasteiger partial charge is 0.0143 e.